The Hall–Kier alpha value is -2.81. The van der Waals surface area contributed by atoms with Gasteiger partial charge in [0.25, 0.3) is 0 Å². The van der Waals surface area contributed by atoms with Crippen LogP contribution in [0, 0.1) is 5.92 Å². The molecule has 28 heavy (non-hydrogen) atoms. The molecule has 0 saturated carbocycles. The van der Waals surface area contributed by atoms with E-state index in [-0.39, 0.29) is 0 Å². The molecule has 2 unspecified atom stereocenters. The van der Waals surface area contributed by atoms with Gasteiger partial charge >= 0.3 is 0 Å². The second-order valence-corrected chi connectivity index (χ2v) is 7.49. The second kappa shape index (κ2) is 9.41. The molecule has 3 rings (SSSR count). The molecule has 2 atom stereocenters. The van der Waals surface area contributed by atoms with Gasteiger partial charge in [-0.2, -0.15) is 0 Å². The Morgan fingerprint density at radius 1 is 0.821 bits per heavy atom. The molecule has 0 aliphatic heterocycles. The lowest BCUT2D eigenvalue weighted by atomic mass is 9.72. The van der Waals surface area contributed by atoms with Gasteiger partial charge in [-0.1, -0.05) is 44.2 Å². The first-order valence-electron chi connectivity index (χ1n) is 9.79. The van der Waals surface area contributed by atoms with Gasteiger partial charge in [-0.25, -0.2) is 0 Å². The highest BCUT2D eigenvalue weighted by atomic mass is 16.5. The third-order valence-electron chi connectivity index (χ3n) is 5.33. The largest absolute Gasteiger partial charge is 0.497 e. The number of rotatable bonds is 8. The Morgan fingerprint density at radius 3 is 2.04 bits per heavy atom. The summed E-state index contributed by atoms with van der Waals surface area (Å²) in [4.78, 5) is 4.32. The zero-order chi connectivity index (χ0) is 19.9. The van der Waals surface area contributed by atoms with Crippen molar-refractivity contribution in [3.05, 3.63) is 89.7 Å². The van der Waals surface area contributed by atoms with Crippen LogP contribution in [0.5, 0.6) is 11.5 Å². The molecule has 0 aliphatic rings. The number of pyridine rings is 1. The number of hydrogen-bond acceptors (Lipinski definition) is 3. The van der Waals surface area contributed by atoms with Crippen LogP contribution in [0.2, 0.25) is 0 Å². The van der Waals surface area contributed by atoms with E-state index >= 15 is 0 Å². The number of aromatic nitrogens is 1. The van der Waals surface area contributed by atoms with E-state index in [0.29, 0.717) is 17.8 Å². The fourth-order valence-electron chi connectivity index (χ4n) is 4.03. The molecule has 146 valence electrons. The molecule has 3 aromatic rings. The van der Waals surface area contributed by atoms with Crippen LogP contribution in [0.25, 0.3) is 0 Å². The first-order valence-corrected chi connectivity index (χ1v) is 9.79. The lowest BCUT2D eigenvalue weighted by molar-refractivity contribution is 0.396. The predicted molar refractivity (Wildman–Crippen MR) is 114 cm³/mol. The molecule has 0 fully saturated rings. The third kappa shape index (κ3) is 4.72. The SMILES string of the molecule is COc1cccc(C(Cc2cccnc2)C(c2cccc(OC)c2)C(C)C)c1. The zero-order valence-electron chi connectivity index (χ0n) is 17.1. The summed E-state index contributed by atoms with van der Waals surface area (Å²) in [5.41, 5.74) is 3.82. The van der Waals surface area contributed by atoms with Crippen LogP contribution >= 0.6 is 0 Å². The fraction of sp³-hybridized carbons (Fsp3) is 0.320. The van der Waals surface area contributed by atoms with E-state index in [1.165, 1.54) is 16.7 Å². The van der Waals surface area contributed by atoms with E-state index in [4.69, 9.17) is 9.47 Å². The summed E-state index contributed by atoms with van der Waals surface area (Å²) in [6.07, 6.45) is 4.71. The highest BCUT2D eigenvalue weighted by Gasteiger charge is 2.28. The molecule has 0 bridgehead atoms. The van der Waals surface area contributed by atoms with Crippen LogP contribution in [0.1, 0.15) is 42.4 Å². The summed E-state index contributed by atoms with van der Waals surface area (Å²) in [6.45, 7) is 4.58. The van der Waals surface area contributed by atoms with Crippen LogP contribution in [-0.4, -0.2) is 19.2 Å². The molecule has 3 heteroatoms. The molecule has 0 saturated heterocycles. The summed E-state index contributed by atoms with van der Waals surface area (Å²) in [6, 6.07) is 21.1. The summed E-state index contributed by atoms with van der Waals surface area (Å²) in [5, 5.41) is 0. The Bertz CT molecular complexity index is 876. The molecule has 0 amide bonds. The van der Waals surface area contributed by atoms with Crippen LogP contribution in [0.3, 0.4) is 0 Å². The minimum atomic E-state index is 0.298. The molecule has 3 nitrogen and oxygen atoms in total. The molecule has 0 radical (unpaired) electrons. The minimum Gasteiger partial charge on any atom is -0.497 e. The Morgan fingerprint density at radius 2 is 1.46 bits per heavy atom. The molecule has 0 aliphatic carbocycles. The topological polar surface area (TPSA) is 31.4 Å². The average molecular weight is 376 g/mol. The highest BCUT2D eigenvalue weighted by Crippen LogP contribution is 2.42. The van der Waals surface area contributed by atoms with E-state index in [1.807, 2.05) is 30.6 Å². The fourth-order valence-corrected chi connectivity index (χ4v) is 4.03. The zero-order valence-corrected chi connectivity index (χ0v) is 17.1. The van der Waals surface area contributed by atoms with E-state index in [1.54, 1.807) is 14.2 Å². The first kappa shape index (κ1) is 19.9. The number of hydrogen-bond donors (Lipinski definition) is 0. The number of nitrogens with zero attached hydrogens (tertiary/aromatic N) is 1. The smallest absolute Gasteiger partial charge is 0.119 e. The monoisotopic (exact) mass is 375 g/mol. The van der Waals surface area contributed by atoms with E-state index < -0.39 is 0 Å². The molecule has 0 spiro atoms. The first-order chi connectivity index (χ1) is 13.6. The lowest BCUT2D eigenvalue weighted by Gasteiger charge is -2.32. The van der Waals surface area contributed by atoms with Crippen molar-refractivity contribution in [2.45, 2.75) is 32.1 Å². The van der Waals surface area contributed by atoms with Crippen LogP contribution in [0.15, 0.2) is 73.1 Å². The van der Waals surface area contributed by atoms with Crippen molar-refractivity contribution >= 4 is 0 Å². The normalized spacial score (nSPS) is 13.2. The summed E-state index contributed by atoms with van der Waals surface area (Å²) in [5.74, 6) is 2.88. The number of ether oxygens (including phenoxy) is 2. The van der Waals surface area contributed by atoms with Gasteiger partial charge in [-0.05, 0) is 71.2 Å². The molecular formula is C25H29NO2. The van der Waals surface area contributed by atoms with E-state index in [2.05, 4.69) is 61.3 Å². The number of methoxy groups -OCH3 is 2. The molecular weight excluding hydrogens is 346 g/mol. The Kier molecular flexibility index (Phi) is 6.70. The maximum atomic E-state index is 5.51. The van der Waals surface area contributed by atoms with Crippen molar-refractivity contribution in [2.75, 3.05) is 14.2 Å². The quantitative estimate of drug-likeness (QED) is 0.494. The maximum Gasteiger partial charge on any atom is 0.119 e. The van der Waals surface area contributed by atoms with Crippen LogP contribution in [-0.2, 0) is 6.42 Å². The predicted octanol–water partition coefficient (Wildman–Crippen LogP) is 5.86. The van der Waals surface area contributed by atoms with E-state index in [0.717, 1.165) is 17.9 Å². The van der Waals surface area contributed by atoms with Gasteiger partial charge in [0.2, 0.25) is 0 Å². The van der Waals surface area contributed by atoms with Crippen molar-refractivity contribution in [3.8, 4) is 11.5 Å². The summed E-state index contributed by atoms with van der Waals surface area (Å²) >= 11 is 0. The average Bonchev–Trinajstić information content (AvgIpc) is 2.74. The van der Waals surface area contributed by atoms with Gasteiger partial charge in [0.1, 0.15) is 11.5 Å². The van der Waals surface area contributed by atoms with Crippen molar-refractivity contribution < 1.29 is 9.47 Å². The summed E-state index contributed by atoms with van der Waals surface area (Å²) < 4.78 is 11.0. The second-order valence-electron chi connectivity index (χ2n) is 7.49. The standard InChI is InChI=1S/C25H29NO2/c1-18(2)25(21-10-6-12-23(16-21)28-4)24(14-19-8-7-13-26-17-19)20-9-5-11-22(15-20)27-3/h5-13,15-18,24-25H,14H2,1-4H3. The Balaban J connectivity index is 2.08. The maximum absolute atomic E-state index is 5.51. The van der Waals surface area contributed by atoms with Gasteiger partial charge in [-0.15, -0.1) is 0 Å². The van der Waals surface area contributed by atoms with Gasteiger partial charge in [0.15, 0.2) is 0 Å². The molecule has 1 aromatic heterocycles. The highest BCUT2D eigenvalue weighted by molar-refractivity contribution is 5.38. The molecule has 2 aromatic carbocycles. The van der Waals surface area contributed by atoms with Crippen molar-refractivity contribution in [1.29, 1.82) is 0 Å². The van der Waals surface area contributed by atoms with Crippen molar-refractivity contribution in [2.24, 2.45) is 5.92 Å². The van der Waals surface area contributed by atoms with Gasteiger partial charge < -0.3 is 9.47 Å². The van der Waals surface area contributed by atoms with Gasteiger partial charge in [-0.3, -0.25) is 4.98 Å². The summed E-state index contributed by atoms with van der Waals surface area (Å²) in [7, 11) is 3.44. The lowest BCUT2D eigenvalue weighted by Crippen LogP contribution is -2.19. The van der Waals surface area contributed by atoms with Crippen LogP contribution in [0.4, 0.5) is 0 Å². The minimum absolute atomic E-state index is 0.298. The molecule has 1 heterocycles. The molecule has 0 N–H and O–H groups in total. The third-order valence-corrected chi connectivity index (χ3v) is 5.33. The number of benzene rings is 2. The van der Waals surface area contributed by atoms with E-state index in [9.17, 15) is 0 Å². The van der Waals surface area contributed by atoms with Gasteiger partial charge in [0, 0.05) is 12.4 Å². The van der Waals surface area contributed by atoms with Crippen molar-refractivity contribution in [3.63, 3.8) is 0 Å². The Labute approximate surface area is 168 Å². The van der Waals surface area contributed by atoms with Gasteiger partial charge in [0.05, 0.1) is 14.2 Å². The van der Waals surface area contributed by atoms with Crippen LogP contribution < -0.4 is 9.47 Å². The van der Waals surface area contributed by atoms with Crippen molar-refractivity contribution in [1.82, 2.24) is 4.98 Å².